The number of benzene rings is 1. The van der Waals surface area contributed by atoms with Crippen LogP contribution in [-0.4, -0.2) is 39.5 Å². The van der Waals surface area contributed by atoms with Gasteiger partial charge >= 0.3 is 0 Å². The van der Waals surface area contributed by atoms with Gasteiger partial charge < -0.3 is 10.6 Å². The molecule has 0 aliphatic carbocycles. The van der Waals surface area contributed by atoms with Crippen molar-refractivity contribution in [1.29, 1.82) is 0 Å². The summed E-state index contributed by atoms with van der Waals surface area (Å²) in [5.74, 6) is 0.307. The van der Waals surface area contributed by atoms with Crippen LogP contribution in [0.25, 0.3) is 0 Å². The lowest BCUT2D eigenvalue weighted by atomic mass is 9.95. The third-order valence-corrected chi connectivity index (χ3v) is 5.35. The first-order chi connectivity index (χ1) is 9.42. The molecule has 1 aromatic rings. The maximum absolute atomic E-state index is 12.4. The molecule has 0 radical (unpaired) electrons. The summed E-state index contributed by atoms with van der Waals surface area (Å²) in [5, 5.41) is 0. The summed E-state index contributed by atoms with van der Waals surface area (Å²) in [7, 11) is -1.41. The lowest BCUT2D eigenvalue weighted by Gasteiger charge is -2.34. The average molecular weight is 297 g/mol. The van der Waals surface area contributed by atoms with Crippen LogP contribution in [-0.2, 0) is 16.6 Å². The van der Waals surface area contributed by atoms with Crippen LogP contribution in [0, 0.1) is 5.92 Å². The van der Waals surface area contributed by atoms with E-state index in [0.29, 0.717) is 17.4 Å². The van der Waals surface area contributed by atoms with Crippen LogP contribution in [0.2, 0.25) is 0 Å². The van der Waals surface area contributed by atoms with Gasteiger partial charge in [-0.3, -0.25) is 0 Å². The van der Waals surface area contributed by atoms with Gasteiger partial charge in [0.25, 0.3) is 0 Å². The second-order valence-electron chi connectivity index (χ2n) is 5.61. The van der Waals surface area contributed by atoms with Gasteiger partial charge in [0, 0.05) is 19.1 Å². The monoisotopic (exact) mass is 297 g/mol. The maximum Gasteiger partial charge on any atom is 0.240 e. The van der Waals surface area contributed by atoms with Crippen LogP contribution < -0.4 is 10.5 Å². The van der Waals surface area contributed by atoms with Gasteiger partial charge in [-0.05, 0) is 43.6 Å². The average Bonchev–Trinajstić information content (AvgIpc) is 2.42. The Morgan fingerprint density at radius 2 is 2.20 bits per heavy atom. The van der Waals surface area contributed by atoms with E-state index in [4.69, 9.17) is 5.73 Å². The van der Waals surface area contributed by atoms with Crippen LogP contribution in [0.15, 0.2) is 29.2 Å². The summed E-state index contributed by atoms with van der Waals surface area (Å²) in [6.07, 6.45) is 0.841. The van der Waals surface area contributed by atoms with Crippen molar-refractivity contribution in [2.45, 2.75) is 30.8 Å². The first-order valence-corrected chi connectivity index (χ1v) is 8.40. The second-order valence-corrected chi connectivity index (χ2v) is 7.32. The molecule has 6 heteroatoms. The number of sulfonamides is 1. The Balaban J connectivity index is 2.14. The standard InChI is InChI=1S/C14H23N3O2S/c1-11-10-17(2)7-6-14(11)16-20(18,19)13-5-3-4-12(8-13)9-15/h3-5,8,11,14,16H,6-7,9-10,15H2,1-2H3. The minimum Gasteiger partial charge on any atom is -0.326 e. The van der Waals surface area contributed by atoms with Crippen molar-refractivity contribution in [3.05, 3.63) is 29.8 Å². The van der Waals surface area contributed by atoms with Crippen molar-refractivity contribution >= 4 is 10.0 Å². The third-order valence-electron chi connectivity index (χ3n) is 3.86. The smallest absolute Gasteiger partial charge is 0.240 e. The molecule has 0 amide bonds. The number of hydrogen-bond donors (Lipinski definition) is 2. The molecule has 3 N–H and O–H groups in total. The van der Waals surface area contributed by atoms with E-state index in [1.165, 1.54) is 0 Å². The van der Waals surface area contributed by atoms with Crippen molar-refractivity contribution in [2.24, 2.45) is 11.7 Å². The molecule has 0 saturated carbocycles. The van der Waals surface area contributed by atoms with E-state index in [1.54, 1.807) is 18.2 Å². The van der Waals surface area contributed by atoms with Gasteiger partial charge in [0.2, 0.25) is 10.0 Å². The molecule has 2 atom stereocenters. The van der Waals surface area contributed by atoms with Gasteiger partial charge in [0.05, 0.1) is 4.90 Å². The minimum atomic E-state index is -3.47. The highest BCUT2D eigenvalue weighted by Crippen LogP contribution is 2.19. The van der Waals surface area contributed by atoms with Crippen molar-refractivity contribution in [3.8, 4) is 0 Å². The lowest BCUT2D eigenvalue weighted by molar-refractivity contribution is 0.188. The quantitative estimate of drug-likeness (QED) is 0.860. The third kappa shape index (κ3) is 3.58. The second kappa shape index (κ2) is 6.22. The molecule has 0 spiro atoms. The molecule has 1 fully saturated rings. The molecule has 1 aromatic carbocycles. The Hall–Kier alpha value is -0.950. The molecule has 112 valence electrons. The number of hydrogen-bond acceptors (Lipinski definition) is 4. The Labute approximate surface area is 121 Å². The number of nitrogens with one attached hydrogen (secondary N) is 1. The minimum absolute atomic E-state index is 0.00210. The van der Waals surface area contributed by atoms with E-state index >= 15 is 0 Å². The fraction of sp³-hybridized carbons (Fsp3) is 0.571. The van der Waals surface area contributed by atoms with Crippen LogP contribution in [0.3, 0.4) is 0 Å². The summed E-state index contributed by atoms with van der Waals surface area (Å²) in [6.45, 7) is 4.25. The molecule has 2 rings (SSSR count). The largest absolute Gasteiger partial charge is 0.326 e. The molecule has 1 aliphatic rings. The number of rotatable bonds is 4. The molecule has 0 aromatic heterocycles. The van der Waals surface area contributed by atoms with E-state index < -0.39 is 10.0 Å². The van der Waals surface area contributed by atoms with Gasteiger partial charge in [-0.1, -0.05) is 19.1 Å². The summed E-state index contributed by atoms with van der Waals surface area (Å²) >= 11 is 0. The molecular weight excluding hydrogens is 274 g/mol. The molecular formula is C14H23N3O2S. The van der Waals surface area contributed by atoms with E-state index in [-0.39, 0.29) is 6.04 Å². The predicted octanol–water partition coefficient (Wildman–Crippen LogP) is 0.764. The zero-order valence-electron chi connectivity index (χ0n) is 12.0. The summed E-state index contributed by atoms with van der Waals surface area (Å²) < 4.78 is 27.7. The fourth-order valence-electron chi connectivity index (χ4n) is 2.64. The van der Waals surface area contributed by atoms with Gasteiger partial charge in [-0.25, -0.2) is 13.1 Å². The number of piperidine rings is 1. The summed E-state index contributed by atoms with van der Waals surface area (Å²) in [4.78, 5) is 2.52. The summed E-state index contributed by atoms with van der Waals surface area (Å²) in [6, 6.07) is 6.81. The molecule has 1 aliphatic heterocycles. The number of nitrogens with zero attached hydrogens (tertiary/aromatic N) is 1. The van der Waals surface area contributed by atoms with E-state index in [1.807, 2.05) is 6.07 Å². The SMILES string of the molecule is CC1CN(C)CCC1NS(=O)(=O)c1cccc(CN)c1. The lowest BCUT2D eigenvalue weighted by Crippen LogP contribution is -2.48. The normalized spacial score (nSPS) is 24.8. The van der Waals surface area contributed by atoms with Gasteiger partial charge in [0.1, 0.15) is 0 Å². The highest BCUT2D eigenvalue weighted by Gasteiger charge is 2.28. The summed E-state index contributed by atoms with van der Waals surface area (Å²) in [5.41, 5.74) is 6.39. The first-order valence-electron chi connectivity index (χ1n) is 6.92. The van der Waals surface area contributed by atoms with Gasteiger partial charge in [0.15, 0.2) is 0 Å². The number of nitrogens with two attached hydrogens (primary N) is 1. The zero-order valence-corrected chi connectivity index (χ0v) is 12.9. The van der Waals surface area contributed by atoms with Crippen LogP contribution in [0.1, 0.15) is 18.9 Å². The van der Waals surface area contributed by atoms with Gasteiger partial charge in [-0.2, -0.15) is 0 Å². The first kappa shape index (κ1) is 15.4. The van der Waals surface area contributed by atoms with Crippen molar-refractivity contribution < 1.29 is 8.42 Å². The van der Waals surface area contributed by atoms with Gasteiger partial charge in [-0.15, -0.1) is 0 Å². The molecule has 1 heterocycles. The molecule has 1 saturated heterocycles. The fourth-order valence-corrected chi connectivity index (χ4v) is 4.09. The van der Waals surface area contributed by atoms with Crippen LogP contribution >= 0.6 is 0 Å². The molecule has 5 nitrogen and oxygen atoms in total. The predicted molar refractivity (Wildman–Crippen MR) is 79.7 cm³/mol. The van der Waals surface area contributed by atoms with E-state index in [2.05, 4.69) is 23.6 Å². The van der Waals surface area contributed by atoms with Crippen LogP contribution in [0.4, 0.5) is 0 Å². The Morgan fingerprint density at radius 1 is 1.45 bits per heavy atom. The topological polar surface area (TPSA) is 75.4 Å². The highest BCUT2D eigenvalue weighted by molar-refractivity contribution is 7.89. The maximum atomic E-state index is 12.4. The van der Waals surface area contributed by atoms with Crippen molar-refractivity contribution in [1.82, 2.24) is 9.62 Å². The molecule has 2 unspecified atom stereocenters. The van der Waals surface area contributed by atoms with Crippen molar-refractivity contribution in [3.63, 3.8) is 0 Å². The Bertz CT molecular complexity index is 559. The Morgan fingerprint density at radius 3 is 2.85 bits per heavy atom. The van der Waals surface area contributed by atoms with E-state index in [0.717, 1.165) is 25.1 Å². The highest BCUT2D eigenvalue weighted by atomic mass is 32.2. The van der Waals surface area contributed by atoms with E-state index in [9.17, 15) is 8.42 Å². The number of likely N-dealkylation sites (tertiary alicyclic amines) is 1. The molecule has 20 heavy (non-hydrogen) atoms. The zero-order chi connectivity index (χ0) is 14.8. The Kier molecular flexibility index (Phi) is 4.80. The van der Waals surface area contributed by atoms with Crippen LogP contribution in [0.5, 0.6) is 0 Å². The molecule has 0 bridgehead atoms. The van der Waals surface area contributed by atoms with Crippen molar-refractivity contribution in [2.75, 3.05) is 20.1 Å².